The Morgan fingerprint density at radius 1 is 1.16 bits per heavy atom. The summed E-state index contributed by atoms with van der Waals surface area (Å²) in [7, 11) is 0. The van der Waals surface area contributed by atoms with Crippen LogP contribution < -0.4 is 5.32 Å². The van der Waals surface area contributed by atoms with Gasteiger partial charge in [-0.1, -0.05) is 18.2 Å². The molecular formula is C18H20N6O. The van der Waals surface area contributed by atoms with E-state index in [0.717, 1.165) is 49.9 Å². The summed E-state index contributed by atoms with van der Waals surface area (Å²) in [6.07, 6.45) is 3.84. The van der Waals surface area contributed by atoms with Gasteiger partial charge in [-0.05, 0) is 18.9 Å². The molecule has 2 aliphatic rings. The Hall–Kier alpha value is -2.67. The van der Waals surface area contributed by atoms with E-state index in [-0.39, 0.29) is 5.91 Å². The summed E-state index contributed by atoms with van der Waals surface area (Å²) in [5.74, 6) is 0.0169. The Morgan fingerprint density at radius 2 is 2.00 bits per heavy atom. The van der Waals surface area contributed by atoms with Gasteiger partial charge < -0.3 is 10.2 Å². The molecule has 5 rings (SSSR count). The van der Waals surface area contributed by atoms with Crippen LogP contribution in [0.1, 0.15) is 40.6 Å². The van der Waals surface area contributed by atoms with Crippen molar-refractivity contribution >= 4 is 16.8 Å². The molecule has 1 fully saturated rings. The standard InChI is InChI=1S/C18H20N6O/c25-18(17-14-3-1-2-4-15(14)21-22-17)23-7-5-13(6-8-23)24-16-11-19-9-12(16)10-20-24/h1-4,10,13,19H,5-9,11H2,(H,21,22). The normalized spacial score (nSPS) is 18.0. The predicted molar refractivity (Wildman–Crippen MR) is 93.0 cm³/mol. The molecule has 25 heavy (non-hydrogen) atoms. The largest absolute Gasteiger partial charge is 0.337 e. The quantitative estimate of drug-likeness (QED) is 0.748. The van der Waals surface area contributed by atoms with Gasteiger partial charge in [0, 0.05) is 37.1 Å². The Balaban J connectivity index is 1.32. The molecule has 1 aromatic carbocycles. The van der Waals surface area contributed by atoms with Crippen molar-refractivity contribution in [2.75, 3.05) is 13.1 Å². The van der Waals surface area contributed by atoms with Crippen molar-refractivity contribution in [3.05, 3.63) is 47.4 Å². The summed E-state index contributed by atoms with van der Waals surface area (Å²) in [6, 6.07) is 8.14. The lowest BCUT2D eigenvalue weighted by Crippen LogP contribution is -2.39. The van der Waals surface area contributed by atoms with Gasteiger partial charge in [0.2, 0.25) is 0 Å². The number of likely N-dealkylation sites (tertiary alicyclic amines) is 1. The van der Waals surface area contributed by atoms with Gasteiger partial charge in [0.1, 0.15) is 0 Å². The molecule has 0 spiro atoms. The monoisotopic (exact) mass is 336 g/mol. The van der Waals surface area contributed by atoms with Crippen molar-refractivity contribution < 1.29 is 4.79 Å². The molecule has 0 saturated carbocycles. The third-order valence-corrected chi connectivity index (χ3v) is 5.36. The predicted octanol–water partition coefficient (Wildman–Crippen LogP) is 1.84. The van der Waals surface area contributed by atoms with Gasteiger partial charge in [0.05, 0.1) is 23.4 Å². The molecule has 7 nitrogen and oxygen atoms in total. The molecule has 128 valence electrons. The van der Waals surface area contributed by atoms with E-state index in [4.69, 9.17) is 0 Å². The van der Waals surface area contributed by atoms with E-state index in [1.54, 1.807) is 0 Å². The number of nitrogens with one attached hydrogen (secondary N) is 2. The number of rotatable bonds is 2. The van der Waals surface area contributed by atoms with E-state index < -0.39 is 0 Å². The molecule has 0 atom stereocenters. The first-order valence-corrected chi connectivity index (χ1v) is 8.79. The smallest absolute Gasteiger partial charge is 0.274 e. The topological polar surface area (TPSA) is 78.8 Å². The lowest BCUT2D eigenvalue weighted by Gasteiger charge is -2.32. The summed E-state index contributed by atoms with van der Waals surface area (Å²) >= 11 is 0. The minimum absolute atomic E-state index is 0.0169. The number of H-pyrrole nitrogens is 1. The number of para-hydroxylation sites is 1. The van der Waals surface area contributed by atoms with Crippen molar-refractivity contribution in [2.24, 2.45) is 0 Å². The minimum Gasteiger partial charge on any atom is -0.337 e. The summed E-state index contributed by atoms with van der Waals surface area (Å²) in [6.45, 7) is 3.30. The number of carbonyl (C=O) groups excluding carboxylic acids is 1. The van der Waals surface area contributed by atoms with Crippen LogP contribution in [0.3, 0.4) is 0 Å². The number of piperidine rings is 1. The fourth-order valence-corrected chi connectivity index (χ4v) is 3.99. The molecule has 1 amide bonds. The van der Waals surface area contributed by atoms with E-state index >= 15 is 0 Å². The highest BCUT2D eigenvalue weighted by atomic mass is 16.2. The maximum atomic E-state index is 12.9. The number of fused-ring (bicyclic) bond motifs is 2. The van der Waals surface area contributed by atoms with Crippen LogP contribution in [0.2, 0.25) is 0 Å². The van der Waals surface area contributed by atoms with Crippen LogP contribution in [0.4, 0.5) is 0 Å². The van der Waals surface area contributed by atoms with E-state index in [1.165, 1.54) is 11.3 Å². The zero-order chi connectivity index (χ0) is 16.8. The van der Waals surface area contributed by atoms with Crippen LogP contribution in [0.5, 0.6) is 0 Å². The maximum absolute atomic E-state index is 12.9. The molecule has 0 bridgehead atoms. The van der Waals surface area contributed by atoms with Crippen LogP contribution in [0.15, 0.2) is 30.5 Å². The number of nitrogens with zero attached hydrogens (tertiary/aromatic N) is 4. The summed E-state index contributed by atoms with van der Waals surface area (Å²) in [4.78, 5) is 14.8. The molecule has 0 radical (unpaired) electrons. The molecule has 7 heteroatoms. The van der Waals surface area contributed by atoms with Gasteiger partial charge in [0.15, 0.2) is 5.69 Å². The zero-order valence-corrected chi connectivity index (χ0v) is 13.9. The second-order valence-electron chi connectivity index (χ2n) is 6.81. The number of amides is 1. The highest BCUT2D eigenvalue weighted by Crippen LogP contribution is 2.28. The first-order chi connectivity index (χ1) is 12.3. The van der Waals surface area contributed by atoms with Crippen LogP contribution in [0.25, 0.3) is 10.9 Å². The summed E-state index contributed by atoms with van der Waals surface area (Å²) in [5, 5.41) is 16.0. The van der Waals surface area contributed by atoms with Gasteiger partial charge >= 0.3 is 0 Å². The zero-order valence-electron chi connectivity index (χ0n) is 13.9. The van der Waals surface area contributed by atoms with Gasteiger partial charge in [0.25, 0.3) is 5.91 Å². The summed E-state index contributed by atoms with van der Waals surface area (Å²) < 4.78 is 2.17. The summed E-state index contributed by atoms with van der Waals surface area (Å²) in [5.41, 5.74) is 4.04. The molecule has 0 aliphatic carbocycles. The van der Waals surface area contributed by atoms with Gasteiger partial charge in [-0.3, -0.25) is 14.6 Å². The second kappa shape index (κ2) is 5.70. The van der Waals surface area contributed by atoms with E-state index in [2.05, 4.69) is 25.3 Å². The number of benzene rings is 1. The van der Waals surface area contributed by atoms with Crippen LogP contribution in [-0.4, -0.2) is 43.9 Å². The molecule has 1 saturated heterocycles. The van der Waals surface area contributed by atoms with E-state index in [0.29, 0.717) is 11.7 Å². The van der Waals surface area contributed by atoms with Crippen molar-refractivity contribution in [1.29, 1.82) is 0 Å². The maximum Gasteiger partial charge on any atom is 0.274 e. The third kappa shape index (κ3) is 2.34. The van der Waals surface area contributed by atoms with E-state index in [1.807, 2.05) is 35.4 Å². The highest BCUT2D eigenvalue weighted by molar-refractivity contribution is 6.04. The number of carbonyl (C=O) groups is 1. The number of aromatic amines is 1. The fourth-order valence-electron chi connectivity index (χ4n) is 3.99. The first kappa shape index (κ1) is 14.7. The van der Waals surface area contributed by atoms with Crippen LogP contribution in [0, 0.1) is 0 Å². The SMILES string of the molecule is O=C(c1n[nH]c2ccccc12)N1CCC(n2ncc3c2CNC3)CC1. The minimum atomic E-state index is 0.0169. The molecule has 0 unspecified atom stereocenters. The number of aromatic nitrogens is 4. The molecule has 3 aromatic rings. The van der Waals surface area contributed by atoms with Crippen LogP contribution >= 0.6 is 0 Å². The molecule has 2 aliphatic heterocycles. The fraction of sp³-hybridized carbons (Fsp3) is 0.389. The molecule has 2 aromatic heterocycles. The first-order valence-electron chi connectivity index (χ1n) is 8.79. The van der Waals surface area contributed by atoms with Crippen LogP contribution in [-0.2, 0) is 13.1 Å². The average molecular weight is 336 g/mol. The highest BCUT2D eigenvalue weighted by Gasteiger charge is 2.29. The number of hydrogen-bond donors (Lipinski definition) is 2. The third-order valence-electron chi connectivity index (χ3n) is 5.36. The van der Waals surface area contributed by atoms with Crippen molar-refractivity contribution in [3.63, 3.8) is 0 Å². The Bertz CT molecular complexity index is 934. The van der Waals surface area contributed by atoms with Gasteiger partial charge in [-0.2, -0.15) is 10.2 Å². The average Bonchev–Trinajstić information content (AvgIpc) is 3.36. The van der Waals surface area contributed by atoms with Crippen molar-refractivity contribution in [3.8, 4) is 0 Å². The van der Waals surface area contributed by atoms with Crippen molar-refractivity contribution in [2.45, 2.75) is 32.0 Å². The lowest BCUT2D eigenvalue weighted by atomic mass is 10.0. The van der Waals surface area contributed by atoms with Gasteiger partial charge in [-0.25, -0.2) is 0 Å². The Labute approximate surface area is 145 Å². The Kier molecular flexibility index (Phi) is 3.34. The molecule has 2 N–H and O–H groups in total. The number of hydrogen-bond acceptors (Lipinski definition) is 4. The Morgan fingerprint density at radius 3 is 2.88 bits per heavy atom. The molecule has 4 heterocycles. The molecular weight excluding hydrogens is 316 g/mol. The van der Waals surface area contributed by atoms with Gasteiger partial charge in [-0.15, -0.1) is 0 Å². The van der Waals surface area contributed by atoms with E-state index in [9.17, 15) is 4.79 Å². The second-order valence-corrected chi connectivity index (χ2v) is 6.81. The van der Waals surface area contributed by atoms with Crippen molar-refractivity contribution in [1.82, 2.24) is 30.2 Å². The lowest BCUT2D eigenvalue weighted by molar-refractivity contribution is 0.0685.